The Morgan fingerprint density at radius 2 is 1.89 bits per heavy atom. The lowest BCUT2D eigenvalue weighted by atomic mass is 9.81. The quantitative estimate of drug-likeness (QED) is 0.270. The molecule has 0 spiro atoms. The van der Waals surface area contributed by atoms with Crippen LogP contribution in [0.1, 0.15) is 83.7 Å². The fourth-order valence-electron chi connectivity index (χ4n) is 4.89. The van der Waals surface area contributed by atoms with Crippen LogP contribution in [0.2, 0.25) is 13.1 Å². The van der Waals surface area contributed by atoms with Crippen LogP contribution in [-0.4, -0.2) is 43.9 Å². The molecule has 0 aliphatic carbocycles. The Morgan fingerprint density at radius 3 is 2.44 bits per heavy atom. The highest BCUT2D eigenvalue weighted by atomic mass is 28.3. The van der Waals surface area contributed by atoms with Gasteiger partial charge in [-0.05, 0) is 88.9 Å². The highest BCUT2D eigenvalue weighted by Gasteiger charge is 2.33. The number of nitrogens with zero attached hydrogens (tertiary/aromatic N) is 2. The van der Waals surface area contributed by atoms with Crippen molar-refractivity contribution in [1.29, 1.82) is 0 Å². The summed E-state index contributed by atoms with van der Waals surface area (Å²) >= 11 is 0. The lowest BCUT2D eigenvalue weighted by Gasteiger charge is -2.34. The molecule has 1 aromatic heterocycles. The summed E-state index contributed by atoms with van der Waals surface area (Å²) in [6.07, 6.45) is 6.30. The van der Waals surface area contributed by atoms with Crippen LogP contribution in [0.3, 0.4) is 0 Å². The highest BCUT2D eigenvalue weighted by molar-refractivity contribution is 6.48. The first-order valence-electron chi connectivity index (χ1n) is 13.3. The van der Waals surface area contributed by atoms with Gasteiger partial charge in [0.25, 0.3) is 0 Å². The molecular weight excluding hydrogens is 468 g/mol. The van der Waals surface area contributed by atoms with Crippen molar-refractivity contribution in [3.8, 4) is 0 Å². The SMILES string of the molecule is C=CCc1ccc2c(CCC3CCN(C(=O)OC(C)(C)C)CC3)noc2c1C(O[Si](C)C)C(C)(C)C. The first-order valence-corrected chi connectivity index (χ1v) is 15.7. The van der Waals surface area contributed by atoms with Gasteiger partial charge in [0.1, 0.15) is 5.60 Å². The van der Waals surface area contributed by atoms with E-state index in [1.807, 2.05) is 31.7 Å². The number of aromatic nitrogens is 1. The minimum Gasteiger partial charge on any atom is -0.444 e. The van der Waals surface area contributed by atoms with Gasteiger partial charge in [-0.1, -0.05) is 38.1 Å². The number of piperidine rings is 1. The molecule has 0 N–H and O–H groups in total. The van der Waals surface area contributed by atoms with Gasteiger partial charge in [0.15, 0.2) is 5.58 Å². The third-order valence-electron chi connectivity index (χ3n) is 6.67. The van der Waals surface area contributed by atoms with Gasteiger partial charge >= 0.3 is 6.09 Å². The molecule has 2 aromatic rings. The number of amides is 1. The Balaban J connectivity index is 1.76. The van der Waals surface area contributed by atoms with Gasteiger partial charge in [0.2, 0.25) is 9.04 Å². The summed E-state index contributed by atoms with van der Waals surface area (Å²) in [5.41, 5.74) is 3.64. The van der Waals surface area contributed by atoms with Crippen LogP contribution in [0.4, 0.5) is 4.79 Å². The van der Waals surface area contributed by atoms with Gasteiger partial charge in [-0.2, -0.15) is 0 Å². The number of aryl methyl sites for hydroxylation is 1. The molecule has 1 radical (unpaired) electrons. The number of fused-ring (bicyclic) bond motifs is 1. The monoisotopic (exact) mass is 513 g/mol. The van der Waals surface area contributed by atoms with E-state index in [9.17, 15) is 4.79 Å². The summed E-state index contributed by atoms with van der Waals surface area (Å²) < 4.78 is 18.1. The average Bonchev–Trinajstić information content (AvgIpc) is 3.18. The van der Waals surface area contributed by atoms with Crippen LogP contribution in [0.5, 0.6) is 0 Å². The lowest BCUT2D eigenvalue weighted by molar-refractivity contribution is 0.0181. The van der Waals surface area contributed by atoms with Crippen molar-refractivity contribution >= 4 is 26.1 Å². The van der Waals surface area contributed by atoms with Crippen LogP contribution < -0.4 is 0 Å². The van der Waals surface area contributed by atoms with Crippen LogP contribution in [0.25, 0.3) is 11.0 Å². The smallest absolute Gasteiger partial charge is 0.410 e. The maximum absolute atomic E-state index is 12.4. The van der Waals surface area contributed by atoms with Gasteiger partial charge in [-0.25, -0.2) is 4.79 Å². The number of hydrogen-bond acceptors (Lipinski definition) is 5. The Hall–Kier alpha value is -2.12. The van der Waals surface area contributed by atoms with Crippen molar-refractivity contribution in [2.45, 2.75) is 98.4 Å². The third kappa shape index (κ3) is 7.22. The fraction of sp³-hybridized carbons (Fsp3) is 0.655. The molecule has 1 aromatic carbocycles. The van der Waals surface area contributed by atoms with Crippen molar-refractivity contribution in [2.24, 2.45) is 11.3 Å². The third-order valence-corrected chi connectivity index (χ3v) is 7.37. The fourth-order valence-corrected chi connectivity index (χ4v) is 5.84. The van der Waals surface area contributed by atoms with Crippen molar-refractivity contribution in [1.82, 2.24) is 10.1 Å². The van der Waals surface area contributed by atoms with Gasteiger partial charge in [0, 0.05) is 24.0 Å². The molecule has 36 heavy (non-hydrogen) atoms. The second-order valence-electron chi connectivity index (χ2n) is 12.4. The normalized spacial score (nSPS) is 16.5. The minimum atomic E-state index is -0.925. The number of benzene rings is 1. The molecular formula is C29H45N2O4Si. The Kier molecular flexibility index (Phi) is 9.09. The summed E-state index contributed by atoms with van der Waals surface area (Å²) in [7, 11) is -0.925. The molecule has 1 saturated heterocycles. The molecule has 3 rings (SSSR count). The minimum absolute atomic E-state index is 0.0713. The molecule has 1 fully saturated rings. The van der Waals surface area contributed by atoms with Crippen LogP contribution in [0.15, 0.2) is 29.3 Å². The van der Waals surface area contributed by atoms with Gasteiger partial charge in [-0.3, -0.25) is 0 Å². The Morgan fingerprint density at radius 1 is 1.22 bits per heavy atom. The van der Waals surface area contributed by atoms with Crippen LogP contribution in [-0.2, 0) is 22.0 Å². The van der Waals surface area contributed by atoms with E-state index in [1.165, 1.54) is 5.56 Å². The summed E-state index contributed by atoms with van der Waals surface area (Å²) in [4.78, 5) is 14.2. The molecule has 1 atom stereocenters. The van der Waals surface area contributed by atoms with E-state index >= 15 is 0 Å². The predicted octanol–water partition coefficient (Wildman–Crippen LogP) is 7.49. The zero-order valence-electron chi connectivity index (χ0n) is 23.6. The van der Waals surface area contributed by atoms with Crippen LogP contribution >= 0.6 is 0 Å². The number of allylic oxidation sites excluding steroid dienone is 1. The zero-order valence-corrected chi connectivity index (χ0v) is 24.6. The van der Waals surface area contributed by atoms with Crippen molar-refractivity contribution < 1.29 is 18.5 Å². The van der Waals surface area contributed by atoms with E-state index in [2.05, 4.69) is 57.7 Å². The van der Waals surface area contributed by atoms with Gasteiger partial charge in [-0.15, -0.1) is 6.58 Å². The van der Waals surface area contributed by atoms with E-state index in [1.54, 1.807) is 0 Å². The van der Waals surface area contributed by atoms with Crippen molar-refractivity contribution in [3.05, 3.63) is 41.6 Å². The standard InChI is InChI=1S/C29H45N2O4Si/c1-10-11-21-13-14-22-23(30-34-25(22)24(21)26(28(2,3)4)35-36(8)9)15-12-20-16-18-31(19-17-20)27(32)33-29(5,6)7/h10,13-14,20,26H,1,11-12,15-19H2,2-9H3. The summed E-state index contributed by atoms with van der Waals surface area (Å²) in [6.45, 7) is 22.2. The van der Waals surface area contributed by atoms with Crippen LogP contribution in [0, 0.1) is 11.3 Å². The number of ether oxygens (including phenoxy) is 1. The number of rotatable bonds is 8. The van der Waals surface area contributed by atoms with E-state index in [0.717, 1.165) is 67.4 Å². The Labute approximate surface area is 219 Å². The molecule has 1 amide bonds. The number of carbonyl (C=O) groups excluding carboxylic acids is 1. The van der Waals surface area contributed by atoms with Gasteiger partial charge in [0.05, 0.1) is 11.8 Å². The van der Waals surface area contributed by atoms with E-state index in [0.29, 0.717) is 5.92 Å². The first kappa shape index (κ1) is 28.4. The molecule has 1 aliphatic heterocycles. The number of likely N-dealkylation sites (tertiary alicyclic amines) is 1. The molecule has 0 bridgehead atoms. The largest absolute Gasteiger partial charge is 0.444 e. The van der Waals surface area contributed by atoms with E-state index in [-0.39, 0.29) is 17.6 Å². The topological polar surface area (TPSA) is 64.8 Å². The Bertz CT molecular complexity index is 1040. The second kappa shape index (κ2) is 11.5. The summed E-state index contributed by atoms with van der Waals surface area (Å²) in [6, 6.07) is 4.34. The number of hydrogen-bond donors (Lipinski definition) is 0. The number of carbonyl (C=O) groups is 1. The highest BCUT2D eigenvalue weighted by Crippen LogP contribution is 2.42. The molecule has 2 heterocycles. The summed E-state index contributed by atoms with van der Waals surface area (Å²) in [5.74, 6) is 0.561. The molecule has 7 heteroatoms. The predicted molar refractivity (Wildman–Crippen MR) is 148 cm³/mol. The van der Waals surface area contributed by atoms with E-state index in [4.69, 9.17) is 13.7 Å². The molecule has 6 nitrogen and oxygen atoms in total. The molecule has 199 valence electrons. The first-order chi connectivity index (χ1) is 16.8. The average molecular weight is 514 g/mol. The van der Waals surface area contributed by atoms with Gasteiger partial charge < -0.3 is 18.6 Å². The summed E-state index contributed by atoms with van der Waals surface area (Å²) in [5, 5.41) is 5.62. The second-order valence-corrected chi connectivity index (χ2v) is 14.4. The zero-order chi connectivity index (χ0) is 26.7. The van der Waals surface area contributed by atoms with Crippen molar-refractivity contribution in [2.75, 3.05) is 13.1 Å². The maximum Gasteiger partial charge on any atom is 0.410 e. The van der Waals surface area contributed by atoms with Crippen molar-refractivity contribution in [3.63, 3.8) is 0 Å². The molecule has 0 saturated carbocycles. The molecule has 1 aliphatic rings. The molecule has 1 unspecified atom stereocenters. The van der Waals surface area contributed by atoms with E-state index < -0.39 is 14.6 Å². The lowest BCUT2D eigenvalue weighted by Crippen LogP contribution is -2.41. The maximum atomic E-state index is 12.4.